The lowest BCUT2D eigenvalue weighted by atomic mass is 9.95. The van der Waals surface area contributed by atoms with Crippen molar-refractivity contribution in [2.75, 3.05) is 20.3 Å². The molecule has 0 saturated heterocycles. The monoisotopic (exact) mass is 497 g/mol. The van der Waals surface area contributed by atoms with Crippen molar-refractivity contribution in [3.05, 3.63) is 70.1 Å². The van der Waals surface area contributed by atoms with Gasteiger partial charge in [-0.25, -0.2) is 0 Å². The molecule has 0 saturated carbocycles. The van der Waals surface area contributed by atoms with Crippen LogP contribution in [0.15, 0.2) is 58.2 Å². The molecule has 1 amide bonds. The predicted molar refractivity (Wildman–Crippen MR) is 133 cm³/mol. The van der Waals surface area contributed by atoms with Gasteiger partial charge < -0.3 is 23.9 Å². The number of ether oxygens (including phenoxy) is 2. The van der Waals surface area contributed by atoms with E-state index in [1.165, 1.54) is 12.0 Å². The largest absolute Gasteiger partial charge is 0.503 e. The molecular formula is C27H28ClNO6. The van der Waals surface area contributed by atoms with Gasteiger partial charge in [-0.15, -0.1) is 0 Å². The van der Waals surface area contributed by atoms with Crippen LogP contribution < -0.4 is 9.47 Å². The van der Waals surface area contributed by atoms with Crippen molar-refractivity contribution in [1.82, 2.24) is 4.90 Å². The first-order valence-corrected chi connectivity index (χ1v) is 12.1. The highest BCUT2D eigenvalue weighted by molar-refractivity contribution is 6.31. The maximum Gasteiger partial charge on any atom is 0.290 e. The Kier molecular flexibility index (Phi) is 7.36. The molecule has 0 bridgehead atoms. The van der Waals surface area contributed by atoms with E-state index in [4.69, 9.17) is 25.5 Å². The second-order valence-electron chi connectivity index (χ2n) is 8.40. The van der Waals surface area contributed by atoms with Gasteiger partial charge in [0.15, 0.2) is 22.9 Å². The first-order chi connectivity index (χ1) is 16.9. The smallest absolute Gasteiger partial charge is 0.290 e. The third kappa shape index (κ3) is 4.73. The van der Waals surface area contributed by atoms with E-state index in [1.54, 1.807) is 30.3 Å². The number of fused-ring (bicyclic) bond motifs is 1. The fourth-order valence-corrected chi connectivity index (χ4v) is 4.46. The number of aliphatic hydroxyl groups excluding tert-OH is 1. The van der Waals surface area contributed by atoms with Crippen LogP contribution in [0.4, 0.5) is 0 Å². The molecular weight excluding hydrogens is 470 g/mol. The number of aliphatic hydroxyl groups is 1. The molecule has 3 aromatic rings. The number of Topliss-reactive ketones (excluding diaryl/α,β-unsaturated/α-hetero) is 1. The Morgan fingerprint density at radius 2 is 1.89 bits per heavy atom. The van der Waals surface area contributed by atoms with Crippen LogP contribution in [0.25, 0.3) is 11.0 Å². The Hall–Kier alpha value is -3.45. The maximum atomic E-state index is 13.7. The number of rotatable bonds is 10. The summed E-state index contributed by atoms with van der Waals surface area (Å²) in [5.41, 5.74) is 1.04. The Morgan fingerprint density at radius 3 is 2.54 bits per heavy atom. The zero-order valence-electron chi connectivity index (χ0n) is 20.0. The summed E-state index contributed by atoms with van der Waals surface area (Å²) in [5.74, 6) is -0.637. The standard InChI is InChI=1S/C27H28ClNO6/c1-4-6-11-29-23(16-7-9-19(10-8-16)34-12-5-2)22(25(31)27(29)32)24(30)20-14-17-13-18(28)15-21(33-3)26(17)35-20/h7-10,13-15,23,31H,4-6,11-12H2,1-3H3. The maximum absolute atomic E-state index is 13.7. The second-order valence-corrected chi connectivity index (χ2v) is 8.84. The van der Waals surface area contributed by atoms with Gasteiger partial charge in [0, 0.05) is 23.0 Å². The molecule has 1 N–H and O–H groups in total. The lowest BCUT2D eigenvalue weighted by Crippen LogP contribution is -2.32. The van der Waals surface area contributed by atoms with Gasteiger partial charge in [0.05, 0.1) is 25.3 Å². The van der Waals surface area contributed by atoms with E-state index in [9.17, 15) is 14.7 Å². The Labute approximate surface area is 208 Å². The third-order valence-corrected chi connectivity index (χ3v) is 6.18. The van der Waals surface area contributed by atoms with Crippen molar-refractivity contribution < 1.29 is 28.6 Å². The number of benzene rings is 2. The molecule has 184 valence electrons. The van der Waals surface area contributed by atoms with Gasteiger partial charge in [-0.3, -0.25) is 9.59 Å². The summed E-state index contributed by atoms with van der Waals surface area (Å²) in [6, 6.07) is 11.3. The molecule has 0 radical (unpaired) electrons. The van der Waals surface area contributed by atoms with Gasteiger partial charge in [-0.1, -0.05) is 44.0 Å². The Balaban J connectivity index is 1.76. The Bertz CT molecular complexity index is 1280. The van der Waals surface area contributed by atoms with E-state index in [-0.39, 0.29) is 11.3 Å². The van der Waals surface area contributed by atoms with Crippen molar-refractivity contribution in [3.63, 3.8) is 0 Å². The summed E-state index contributed by atoms with van der Waals surface area (Å²) in [5, 5.41) is 11.9. The number of hydrogen-bond donors (Lipinski definition) is 1. The number of halogens is 1. The number of carbonyl (C=O) groups excluding carboxylic acids is 2. The average Bonchev–Trinajstić information content (AvgIpc) is 3.39. The molecule has 2 aromatic carbocycles. The second kappa shape index (κ2) is 10.4. The minimum Gasteiger partial charge on any atom is -0.503 e. The van der Waals surface area contributed by atoms with E-state index in [0.29, 0.717) is 46.2 Å². The van der Waals surface area contributed by atoms with Crippen LogP contribution in [-0.2, 0) is 4.79 Å². The molecule has 1 aromatic heterocycles. The molecule has 0 spiro atoms. The SMILES string of the molecule is CCCCN1C(=O)C(O)=C(C(=O)c2cc3cc(Cl)cc(OC)c3o2)C1c1ccc(OCCC)cc1. The van der Waals surface area contributed by atoms with Crippen LogP contribution in [0.3, 0.4) is 0 Å². The summed E-state index contributed by atoms with van der Waals surface area (Å²) >= 11 is 6.16. The first-order valence-electron chi connectivity index (χ1n) is 11.7. The van der Waals surface area contributed by atoms with E-state index >= 15 is 0 Å². The van der Waals surface area contributed by atoms with Crippen molar-refractivity contribution in [1.29, 1.82) is 0 Å². The minimum atomic E-state index is -0.750. The molecule has 35 heavy (non-hydrogen) atoms. The third-order valence-electron chi connectivity index (χ3n) is 5.96. The van der Waals surface area contributed by atoms with Crippen LogP contribution in [0.5, 0.6) is 11.5 Å². The zero-order valence-corrected chi connectivity index (χ0v) is 20.7. The fraction of sp³-hybridized carbons (Fsp3) is 0.333. The highest BCUT2D eigenvalue weighted by Crippen LogP contribution is 2.41. The van der Waals surface area contributed by atoms with Crippen LogP contribution in [0.1, 0.15) is 55.3 Å². The highest BCUT2D eigenvalue weighted by Gasteiger charge is 2.44. The molecule has 7 nitrogen and oxygen atoms in total. The average molecular weight is 498 g/mol. The topological polar surface area (TPSA) is 89.2 Å². The van der Waals surface area contributed by atoms with Gasteiger partial charge >= 0.3 is 0 Å². The van der Waals surface area contributed by atoms with E-state index in [2.05, 4.69) is 0 Å². The van der Waals surface area contributed by atoms with E-state index < -0.39 is 23.5 Å². The molecule has 1 aliphatic rings. The molecule has 8 heteroatoms. The number of methoxy groups -OCH3 is 1. The molecule has 4 rings (SSSR count). The van der Waals surface area contributed by atoms with Gasteiger partial charge in [0.25, 0.3) is 5.91 Å². The van der Waals surface area contributed by atoms with Gasteiger partial charge in [0.2, 0.25) is 5.78 Å². The van der Waals surface area contributed by atoms with Gasteiger partial charge in [-0.2, -0.15) is 0 Å². The molecule has 1 unspecified atom stereocenters. The van der Waals surface area contributed by atoms with Crippen molar-refractivity contribution in [2.24, 2.45) is 0 Å². The normalized spacial score (nSPS) is 15.8. The molecule has 2 heterocycles. The van der Waals surface area contributed by atoms with Crippen LogP contribution in [0, 0.1) is 0 Å². The van der Waals surface area contributed by atoms with Gasteiger partial charge in [-0.05, 0) is 42.7 Å². The summed E-state index contributed by atoms with van der Waals surface area (Å²) in [6.07, 6.45) is 2.47. The first kappa shape index (κ1) is 24.7. The van der Waals surface area contributed by atoms with Crippen LogP contribution >= 0.6 is 11.6 Å². The fourth-order valence-electron chi connectivity index (χ4n) is 4.24. The number of nitrogens with zero attached hydrogens (tertiary/aromatic N) is 1. The molecule has 1 aliphatic heterocycles. The van der Waals surface area contributed by atoms with E-state index in [1.807, 2.05) is 26.0 Å². The lowest BCUT2D eigenvalue weighted by Gasteiger charge is -2.26. The molecule has 0 fully saturated rings. The summed E-state index contributed by atoms with van der Waals surface area (Å²) in [7, 11) is 1.48. The predicted octanol–water partition coefficient (Wildman–Crippen LogP) is 6.26. The van der Waals surface area contributed by atoms with Crippen LogP contribution in [0.2, 0.25) is 5.02 Å². The van der Waals surface area contributed by atoms with Crippen LogP contribution in [-0.4, -0.2) is 42.0 Å². The number of furan rings is 1. The van der Waals surface area contributed by atoms with Crippen molar-refractivity contribution in [2.45, 2.75) is 39.2 Å². The molecule has 1 atom stereocenters. The number of carbonyl (C=O) groups is 2. The zero-order chi connectivity index (χ0) is 25.1. The quantitative estimate of drug-likeness (QED) is 0.332. The highest BCUT2D eigenvalue weighted by atomic mass is 35.5. The van der Waals surface area contributed by atoms with Gasteiger partial charge in [0.1, 0.15) is 5.75 Å². The summed E-state index contributed by atoms with van der Waals surface area (Å²) < 4.78 is 16.8. The number of ketones is 1. The van der Waals surface area contributed by atoms with Crippen molar-refractivity contribution >= 4 is 34.3 Å². The number of unbranched alkanes of at least 4 members (excludes halogenated alkanes) is 1. The lowest BCUT2D eigenvalue weighted by molar-refractivity contribution is -0.129. The number of hydrogen-bond acceptors (Lipinski definition) is 6. The number of amides is 1. The molecule has 0 aliphatic carbocycles. The van der Waals surface area contributed by atoms with Crippen molar-refractivity contribution in [3.8, 4) is 11.5 Å². The Morgan fingerprint density at radius 1 is 1.14 bits per heavy atom. The van der Waals surface area contributed by atoms with E-state index in [0.717, 1.165) is 19.3 Å². The summed E-state index contributed by atoms with van der Waals surface area (Å²) in [6.45, 7) is 5.03. The minimum absolute atomic E-state index is 0.0137. The summed E-state index contributed by atoms with van der Waals surface area (Å²) in [4.78, 5) is 28.3.